The monoisotopic (exact) mass is 427 g/mol. The molecule has 0 saturated carbocycles. The number of amides is 1. The van der Waals surface area contributed by atoms with Crippen LogP contribution in [0.4, 0.5) is 5.82 Å². The van der Waals surface area contributed by atoms with Crippen LogP contribution in [0.15, 0.2) is 33.1 Å². The number of hydrogen-bond acceptors (Lipinski definition) is 7. The van der Waals surface area contributed by atoms with E-state index in [1.807, 2.05) is 6.92 Å². The van der Waals surface area contributed by atoms with Crippen molar-refractivity contribution in [3.63, 3.8) is 0 Å². The summed E-state index contributed by atoms with van der Waals surface area (Å²) in [6.07, 6.45) is 2.27. The molecule has 3 aromatic heterocycles. The smallest absolute Gasteiger partial charge is 0.257 e. The number of aryl methyl sites for hydroxylation is 3. The van der Waals surface area contributed by atoms with E-state index in [9.17, 15) is 14.4 Å². The first-order chi connectivity index (χ1) is 14.4. The van der Waals surface area contributed by atoms with E-state index in [-0.39, 0.29) is 35.4 Å². The third-order valence-corrected chi connectivity index (χ3v) is 5.88. The second kappa shape index (κ2) is 7.90. The van der Waals surface area contributed by atoms with E-state index in [2.05, 4.69) is 25.4 Å². The highest BCUT2D eigenvalue weighted by atomic mass is 32.2. The highest BCUT2D eigenvalue weighted by molar-refractivity contribution is 7.99. The van der Waals surface area contributed by atoms with Crippen molar-refractivity contribution in [3.8, 4) is 5.95 Å². The molecule has 0 radical (unpaired) electrons. The molecule has 1 aliphatic heterocycles. The number of carbonyl (C=O) groups excluding carboxylic acids is 1. The molecule has 0 fully saturated rings. The molecule has 0 aliphatic carbocycles. The van der Waals surface area contributed by atoms with Crippen molar-refractivity contribution in [1.82, 2.24) is 29.3 Å². The zero-order chi connectivity index (χ0) is 21.4. The first-order valence-corrected chi connectivity index (χ1v) is 10.5. The van der Waals surface area contributed by atoms with E-state index in [1.54, 1.807) is 30.7 Å². The van der Waals surface area contributed by atoms with E-state index >= 15 is 0 Å². The molecule has 0 aromatic carbocycles. The fourth-order valence-electron chi connectivity index (χ4n) is 3.30. The molecule has 4 rings (SSSR count). The summed E-state index contributed by atoms with van der Waals surface area (Å²) in [6, 6.07) is 2.86. The average Bonchev–Trinajstić information content (AvgIpc) is 3.27. The minimum Gasteiger partial charge on any atom is -0.310 e. The molecule has 2 N–H and O–H groups in total. The fourth-order valence-corrected chi connectivity index (χ4v) is 4.41. The van der Waals surface area contributed by atoms with E-state index in [0.29, 0.717) is 40.1 Å². The first kappa shape index (κ1) is 20.1. The van der Waals surface area contributed by atoms with Crippen LogP contribution in [0.3, 0.4) is 0 Å². The largest absolute Gasteiger partial charge is 0.310 e. The maximum atomic E-state index is 12.8. The number of rotatable bonds is 5. The minimum absolute atomic E-state index is 0.119. The second-order valence-corrected chi connectivity index (χ2v) is 8.10. The highest BCUT2D eigenvalue weighted by Gasteiger charge is 2.28. The number of nitrogens with one attached hydrogen (secondary N) is 2. The minimum atomic E-state index is -0.288. The van der Waals surface area contributed by atoms with Gasteiger partial charge in [-0.3, -0.25) is 23.9 Å². The van der Waals surface area contributed by atoms with Gasteiger partial charge in [-0.2, -0.15) is 9.78 Å². The Balaban J connectivity index is 1.58. The van der Waals surface area contributed by atoms with Crippen LogP contribution >= 0.6 is 11.8 Å². The molecule has 3 aromatic rings. The molecule has 0 saturated heterocycles. The van der Waals surface area contributed by atoms with Crippen molar-refractivity contribution in [1.29, 1.82) is 0 Å². The molecule has 156 valence electrons. The number of aromatic amines is 1. The third-order valence-electron chi connectivity index (χ3n) is 4.77. The molecule has 4 heterocycles. The summed E-state index contributed by atoms with van der Waals surface area (Å²) in [4.78, 5) is 48.5. The van der Waals surface area contributed by atoms with Gasteiger partial charge in [0.05, 0.1) is 11.7 Å². The Hall–Kier alpha value is -3.21. The Morgan fingerprint density at radius 1 is 1.33 bits per heavy atom. The lowest BCUT2D eigenvalue weighted by atomic mass is 10.2. The molecule has 10 nitrogen and oxygen atoms in total. The van der Waals surface area contributed by atoms with Crippen LogP contribution in [-0.4, -0.2) is 41.0 Å². The Morgan fingerprint density at radius 3 is 2.90 bits per heavy atom. The Morgan fingerprint density at radius 2 is 2.13 bits per heavy atom. The van der Waals surface area contributed by atoms with Crippen LogP contribution < -0.4 is 16.4 Å². The maximum absolute atomic E-state index is 12.8. The second-order valence-electron chi connectivity index (χ2n) is 7.11. The van der Waals surface area contributed by atoms with Crippen molar-refractivity contribution >= 4 is 23.5 Å². The van der Waals surface area contributed by atoms with Gasteiger partial charge in [0.15, 0.2) is 5.16 Å². The predicted molar refractivity (Wildman–Crippen MR) is 112 cm³/mol. The lowest BCUT2D eigenvalue weighted by Crippen LogP contribution is -2.29. The first-order valence-electron chi connectivity index (χ1n) is 9.53. The van der Waals surface area contributed by atoms with E-state index in [0.717, 1.165) is 0 Å². The SMILES string of the molecule is CCc1cc(=O)[nH]c(-n2nc(C)cc2NC(=O)CC2CSc3ncc(C)c(=O)n32)n1. The van der Waals surface area contributed by atoms with Crippen molar-refractivity contribution in [2.45, 2.75) is 44.8 Å². The van der Waals surface area contributed by atoms with Crippen LogP contribution in [0.25, 0.3) is 5.95 Å². The number of thioether (sulfide) groups is 1. The molecule has 1 amide bonds. The maximum Gasteiger partial charge on any atom is 0.257 e. The number of carbonyl (C=O) groups is 1. The highest BCUT2D eigenvalue weighted by Crippen LogP contribution is 2.32. The molecular formula is C19H21N7O3S. The summed E-state index contributed by atoms with van der Waals surface area (Å²) < 4.78 is 2.99. The summed E-state index contributed by atoms with van der Waals surface area (Å²) >= 11 is 1.46. The van der Waals surface area contributed by atoms with Gasteiger partial charge < -0.3 is 5.32 Å². The number of hydrogen-bond donors (Lipinski definition) is 2. The van der Waals surface area contributed by atoms with Gasteiger partial charge in [0, 0.05) is 41.8 Å². The number of H-pyrrole nitrogens is 1. The predicted octanol–water partition coefficient (Wildman–Crippen LogP) is 1.37. The van der Waals surface area contributed by atoms with Gasteiger partial charge in [-0.1, -0.05) is 18.7 Å². The van der Waals surface area contributed by atoms with E-state index < -0.39 is 0 Å². The number of fused-ring (bicyclic) bond motifs is 1. The zero-order valence-electron chi connectivity index (χ0n) is 16.8. The van der Waals surface area contributed by atoms with Gasteiger partial charge in [0.2, 0.25) is 11.9 Å². The summed E-state index contributed by atoms with van der Waals surface area (Å²) in [6.45, 7) is 5.40. The van der Waals surface area contributed by atoms with Crippen LogP contribution in [0.5, 0.6) is 0 Å². The molecular weight excluding hydrogens is 406 g/mol. The summed E-state index contributed by atoms with van der Waals surface area (Å²) in [5.74, 6) is 0.970. The van der Waals surface area contributed by atoms with Crippen molar-refractivity contribution in [2.75, 3.05) is 11.1 Å². The topological polar surface area (TPSA) is 128 Å². The number of nitrogens with zero attached hydrogens (tertiary/aromatic N) is 5. The standard InChI is InChI=1S/C19H21N7O3S/c1-4-12-6-15(27)23-18(21-12)26-14(5-11(3)24-26)22-16(28)7-13-9-30-19-20-8-10(2)17(29)25(13)19/h5-6,8,13H,4,7,9H2,1-3H3,(H,22,28)(H,21,23,27). The van der Waals surface area contributed by atoms with E-state index in [1.165, 1.54) is 22.5 Å². The van der Waals surface area contributed by atoms with Gasteiger partial charge in [-0.05, 0) is 20.3 Å². The average molecular weight is 427 g/mol. The molecule has 1 unspecified atom stereocenters. The molecule has 30 heavy (non-hydrogen) atoms. The van der Waals surface area contributed by atoms with Gasteiger partial charge in [-0.25, -0.2) is 9.97 Å². The summed E-state index contributed by atoms with van der Waals surface area (Å²) in [5, 5.41) is 7.80. The summed E-state index contributed by atoms with van der Waals surface area (Å²) in [7, 11) is 0. The lowest BCUT2D eigenvalue weighted by Gasteiger charge is -2.14. The summed E-state index contributed by atoms with van der Waals surface area (Å²) in [5.41, 5.74) is 1.42. The van der Waals surface area contributed by atoms with Crippen molar-refractivity contribution in [3.05, 3.63) is 56.0 Å². The van der Waals surface area contributed by atoms with Gasteiger partial charge in [0.1, 0.15) is 5.82 Å². The fraction of sp³-hybridized carbons (Fsp3) is 0.368. The van der Waals surface area contributed by atoms with Crippen molar-refractivity contribution < 1.29 is 4.79 Å². The normalized spacial score (nSPS) is 15.2. The van der Waals surface area contributed by atoms with Crippen LogP contribution in [0, 0.1) is 13.8 Å². The van der Waals surface area contributed by atoms with E-state index in [4.69, 9.17) is 0 Å². The Kier molecular flexibility index (Phi) is 5.29. The molecule has 0 bridgehead atoms. The molecule has 1 atom stereocenters. The van der Waals surface area contributed by atoms with Gasteiger partial charge in [0.25, 0.3) is 11.1 Å². The zero-order valence-corrected chi connectivity index (χ0v) is 17.6. The molecule has 0 spiro atoms. The third kappa shape index (κ3) is 3.80. The molecule has 11 heteroatoms. The lowest BCUT2D eigenvalue weighted by molar-refractivity contribution is -0.116. The van der Waals surface area contributed by atoms with Crippen molar-refractivity contribution in [2.24, 2.45) is 0 Å². The van der Waals surface area contributed by atoms with Gasteiger partial charge in [-0.15, -0.1) is 0 Å². The van der Waals surface area contributed by atoms with Gasteiger partial charge >= 0.3 is 0 Å². The molecule has 1 aliphatic rings. The van der Waals surface area contributed by atoms with Crippen LogP contribution in [-0.2, 0) is 11.2 Å². The van der Waals surface area contributed by atoms with Crippen LogP contribution in [0.1, 0.15) is 36.3 Å². The number of aromatic nitrogens is 6. The quantitative estimate of drug-likeness (QED) is 0.589. The number of anilines is 1. The Labute approximate surface area is 175 Å². The Bertz CT molecular complexity index is 1240. The van der Waals surface area contributed by atoms with Crippen LogP contribution in [0.2, 0.25) is 0 Å².